The molecule has 2 aliphatic carbocycles. The Morgan fingerprint density at radius 3 is 2.23 bits per heavy atom. The van der Waals surface area contributed by atoms with Gasteiger partial charge in [-0.1, -0.05) is 27.7 Å². The fraction of sp³-hybridized carbons (Fsp3) is 0.800. The number of rotatable bonds is 5. The Morgan fingerprint density at radius 2 is 1.70 bits per heavy atom. The highest BCUT2D eigenvalue weighted by molar-refractivity contribution is 5.82. The molecule has 1 aliphatic heterocycles. The number of aromatic nitrogens is 2. The zero-order chi connectivity index (χ0) is 21.5. The second kappa shape index (κ2) is 8.57. The maximum absolute atomic E-state index is 12.3. The Hall–Kier alpha value is -1.49. The minimum absolute atomic E-state index is 0.197. The van der Waals surface area contributed by atoms with Crippen molar-refractivity contribution in [1.82, 2.24) is 14.9 Å². The maximum Gasteiger partial charge on any atom is 0.138 e. The van der Waals surface area contributed by atoms with Crippen molar-refractivity contribution in [3.8, 4) is 0 Å². The molecule has 1 atom stereocenters. The first kappa shape index (κ1) is 21.7. The average molecular weight is 413 g/mol. The summed E-state index contributed by atoms with van der Waals surface area (Å²) in [4.78, 5) is 26.7. The van der Waals surface area contributed by atoms with Crippen LogP contribution in [0.25, 0.3) is 0 Å². The normalized spacial score (nSPS) is 32.6. The van der Waals surface area contributed by atoms with Gasteiger partial charge in [0.1, 0.15) is 11.6 Å². The number of ketones is 1. The van der Waals surface area contributed by atoms with Gasteiger partial charge in [-0.15, -0.1) is 0 Å². The van der Waals surface area contributed by atoms with Crippen molar-refractivity contribution in [3.05, 3.63) is 18.2 Å². The quantitative estimate of drug-likeness (QED) is 0.703. The summed E-state index contributed by atoms with van der Waals surface area (Å²) in [7, 11) is 0. The van der Waals surface area contributed by atoms with E-state index >= 15 is 0 Å². The van der Waals surface area contributed by atoms with Gasteiger partial charge in [-0.3, -0.25) is 9.69 Å². The van der Waals surface area contributed by atoms with Crippen molar-refractivity contribution in [3.63, 3.8) is 0 Å². The van der Waals surface area contributed by atoms with Crippen LogP contribution in [-0.4, -0.2) is 52.4 Å². The molecule has 2 heterocycles. The molecule has 0 radical (unpaired) electrons. The standard InChI is InChI=1S/C25H40N4O/c1-17(2)23(30)20-6-8-25(9-7-20)12-21(13-25)29-11-10-28(16-19(29)5)22-14-26-24(18(3)4)27-15-22/h14-15,17-21H,6-13,16H2,1-5H3. The van der Waals surface area contributed by atoms with Crippen LogP contribution in [0.15, 0.2) is 12.4 Å². The van der Waals surface area contributed by atoms with E-state index in [0.717, 1.165) is 50.0 Å². The van der Waals surface area contributed by atoms with Gasteiger partial charge in [-0.2, -0.15) is 0 Å². The predicted molar refractivity (Wildman–Crippen MR) is 122 cm³/mol. The maximum atomic E-state index is 12.3. The summed E-state index contributed by atoms with van der Waals surface area (Å²) in [6, 6.07) is 1.30. The summed E-state index contributed by atoms with van der Waals surface area (Å²) in [6.45, 7) is 14.0. The van der Waals surface area contributed by atoms with Crippen molar-refractivity contribution in [1.29, 1.82) is 0 Å². The highest BCUT2D eigenvalue weighted by Gasteiger charge is 2.49. The minimum Gasteiger partial charge on any atom is -0.366 e. The van der Waals surface area contributed by atoms with Gasteiger partial charge in [-0.25, -0.2) is 9.97 Å². The number of nitrogens with zero attached hydrogens (tertiary/aromatic N) is 4. The molecule has 1 unspecified atom stereocenters. The summed E-state index contributed by atoms with van der Waals surface area (Å²) in [6.07, 6.45) is 11.5. The largest absolute Gasteiger partial charge is 0.366 e. The summed E-state index contributed by atoms with van der Waals surface area (Å²) in [5.74, 6) is 2.33. The van der Waals surface area contributed by atoms with Gasteiger partial charge in [0.2, 0.25) is 0 Å². The van der Waals surface area contributed by atoms with E-state index in [0.29, 0.717) is 29.1 Å². The molecule has 0 N–H and O–H groups in total. The Balaban J connectivity index is 1.27. The van der Waals surface area contributed by atoms with Gasteiger partial charge in [0.15, 0.2) is 0 Å². The molecule has 5 nitrogen and oxygen atoms in total. The second-order valence-electron chi connectivity index (χ2n) is 10.9. The van der Waals surface area contributed by atoms with Crippen LogP contribution in [-0.2, 0) is 4.79 Å². The van der Waals surface area contributed by atoms with Crippen LogP contribution in [0, 0.1) is 17.3 Å². The molecule has 0 bridgehead atoms. The van der Waals surface area contributed by atoms with Crippen LogP contribution in [0.1, 0.15) is 84.9 Å². The van der Waals surface area contributed by atoms with Gasteiger partial charge in [0.25, 0.3) is 0 Å². The lowest BCUT2D eigenvalue weighted by atomic mass is 9.56. The SMILES string of the molecule is CC(C)C(=O)C1CCC2(CC1)CC(N1CCN(c3cnc(C(C)C)nc3)CC1C)C2. The molecule has 5 heteroatoms. The Morgan fingerprint density at radius 1 is 1.07 bits per heavy atom. The number of hydrogen-bond donors (Lipinski definition) is 0. The van der Waals surface area contributed by atoms with E-state index < -0.39 is 0 Å². The molecule has 1 aromatic rings. The molecule has 0 amide bonds. The van der Waals surface area contributed by atoms with Gasteiger partial charge in [0.05, 0.1) is 18.1 Å². The van der Waals surface area contributed by atoms with E-state index in [1.165, 1.54) is 25.7 Å². The van der Waals surface area contributed by atoms with Crippen LogP contribution in [0.4, 0.5) is 5.69 Å². The third-order valence-corrected chi connectivity index (χ3v) is 8.04. The number of Topliss-reactive ketones (excluding diaryl/α,β-unsaturated/α-hetero) is 1. The average Bonchev–Trinajstić information content (AvgIpc) is 2.71. The van der Waals surface area contributed by atoms with E-state index in [-0.39, 0.29) is 5.92 Å². The molecule has 0 aromatic carbocycles. The molecule has 30 heavy (non-hydrogen) atoms. The van der Waals surface area contributed by atoms with Crippen LogP contribution >= 0.6 is 0 Å². The summed E-state index contributed by atoms with van der Waals surface area (Å²) < 4.78 is 0. The molecule has 1 saturated heterocycles. The summed E-state index contributed by atoms with van der Waals surface area (Å²) >= 11 is 0. The highest BCUT2D eigenvalue weighted by Crippen LogP contribution is 2.55. The lowest BCUT2D eigenvalue weighted by molar-refractivity contribution is -0.129. The van der Waals surface area contributed by atoms with Crippen molar-refractivity contribution in [2.45, 2.75) is 91.1 Å². The predicted octanol–water partition coefficient (Wildman–Crippen LogP) is 4.67. The third kappa shape index (κ3) is 4.28. The number of carbonyl (C=O) groups is 1. The molecule has 166 valence electrons. The van der Waals surface area contributed by atoms with Crippen LogP contribution in [0.5, 0.6) is 0 Å². The first-order valence-electron chi connectivity index (χ1n) is 12.1. The molecule has 1 aromatic heterocycles. The van der Waals surface area contributed by atoms with Crippen molar-refractivity contribution in [2.75, 3.05) is 24.5 Å². The summed E-state index contributed by atoms with van der Waals surface area (Å²) in [5.41, 5.74) is 1.69. The molecular formula is C25H40N4O. The number of anilines is 1. The monoisotopic (exact) mass is 412 g/mol. The molecule has 3 fully saturated rings. The smallest absolute Gasteiger partial charge is 0.138 e. The van der Waals surface area contributed by atoms with Crippen LogP contribution in [0.2, 0.25) is 0 Å². The van der Waals surface area contributed by atoms with E-state index in [1.807, 2.05) is 12.4 Å². The molecule has 1 spiro atoms. The first-order chi connectivity index (χ1) is 14.3. The van der Waals surface area contributed by atoms with Gasteiger partial charge >= 0.3 is 0 Å². The second-order valence-corrected chi connectivity index (χ2v) is 10.9. The van der Waals surface area contributed by atoms with E-state index in [2.05, 4.69) is 54.4 Å². The minimum atomic E-state index is 0.197. The number of hydrogen-bond acceptors (Lipinski definition) is 5. The topological polar surface area (TPSA) is 49.3 Å². The third-order valence-electron chi connectivity index (χ3n) is 8.04. The molecule has 3 aliphatic rings. The van der Waals surface area contributed by atoms with Crippen molar-refractivity contribution in [2.24, 2.45) is 17.3 Å². The highest BCUT2D eigenvalue weighted by atomic mass is 16.1. The molecular weight excluding hydrogens is 372 g/mol. The molecule has 2 saturated carbocycles. The zero-order valence-corrected chi connectivity index (χ0v) is 19.6. The Kier molecular flexibility index (Phi) is 6.20. The van der Waals surface area contributed by atoms with E-state index in [1.54, 1.807) is 0 Å². The van der Waals surface area contributed by atoms with Crippen LogP contribution < -0.4 is 4.90 Å². The van der Waals surface area contributed by atoms with Gasteiger partial charge in [-0.05, 0) is 50.9 Å². The Bertz CT molecular complexity index is 728. The van der Waals surface area contributed by atoms with E-state index in [9.17, 15) is 4.79 Å². The van der Waals surface area contributed by atoms with Gasteiger partial charge in [0, 0.05) is 49.5 Å². The Labute approximate surface area is 182 Å². The number of piperazine rings is 1. The van der Waals surface area contributed by atoms with E-state index in [4.69, 9.17) is 0 Å². The lowest BCUT2D eigenvalue weighted by Crippen LogP contribution is -2.61. The van der Waals surface area contributed by atoms with Crippen LogP contribution in [0.3, 0.4) is 0 Å². The first-order valence-corrected chi connectivity index (χ1v) is 12.1. The summed E-state index contributed by atoms with van der Waals surface area (Å²) in [5, 5.41) is 0. The molecule has 4 rings (SSSR count). The fourth-order valence-corrected chi connectivity index (χ4v) is 6.11. The fourth-order valence-electron chi connectivity index (χ4n) is 6.11. The zero-order valence-electron chi connectivity index (χ0n) is 19.6. The van der Waals surface area contributed by atoms with Crippen molar-refractivity contribution >= 4 is 11.5 Å². The number of carbonyl (C=O) groups excluding carboxylic acids is 1. The lowest BCUT2D eigenvalue weighted by Gasteiger charge is -2.57. The van der Waals surface area contributed by atoms with Gasteiger partial charge < -0.3 is 4.90 Å². The van der Waals surface area contributed by atoms with Crippen molar-refractivity contribution < 1.29 is 4.79 Å².